The average molecular weight is 460 g/mol. The molecule has 0 unspecified atom stereocenters. The van der Waals surface area contributed by atoms with Crippen LogP contribution in [0.5, 0.6) is 5.75 Å². The lowest BCUT2D eigenvalue weighted by atomic mass is 10.2. The van der Waals surface area contributed by atoms with Gasteiger partial charge in [0.15, 0.2) is 6.61 Å². The molecule has 1 aliphatic heterocycles. The summed E-state index contributed by atoms with van der Waals surface area (Å²) in [4.78, 5) is 40.0. The number of carbonyl (C=O) groups is 3. The molecule has 32 heavy (non-hydrogen) atoms. The molecule has 0 aliphatic carbocycles. The van der Waals surface area contributed by atoms with Gasteiger partial charge >= 0.3 is 12.0 Å². The normalized spacial score (nSPS) is 15.8. The number of hydrogen-bond acceptors (Lipinski definition) is 8. The zero-order valence-corrected chi connectivity index (χ0v) is 17.9. The molecule has 2 aromatic carbocycles. The molecule has 2 aromatic rings. The molecule has 0 bridgehead atoms. The molecule has 3 amide bonds. The molecule has 11 nitrogen and oxygen atoms in total. The van der Waals surface area contributed by atoms with Crippen molar-refractivity contribution < 1.29 is 32.3 Å². The molecule has 3 rings (SSSR count). The van der Waals surface area contributed by atoms with E-state index in [-0.39, 0.29) is 10.7 Å². The molecule has 168 valence electrons. The fraction of sp³-hybridized carbons (Fsp3) is 0.200. The molecular weight excluding hydrogens is 440 g/mol. The van der Waals surface area contributed by atoms with E-state index in [0.29, 0.717) is 17.0 Å². The predicted octanol–water partition coefficient (Wildman–Crippen LogP) is 1.01. The van der Waals surface area contributed by atoms with Gasteiger partial charge in [0.05, 0.1) is 12.0 Å². The van der Waals surface area contributed by atoms with Gasteiger partial charge in [-0.15, -0.1) is 0 Å². The number of urea groups is 1. The quantitative estimate of drug-likeness (QED) is 0.544. The van der Waals surface area contributed by atoms with Gasteiger partial charge in [0.25, 0.3) is 15.9 Å². The van der Waals surface area contributed by atoms with Crippen molar-refractivity contribution in [2.75, 3.05) is 19.0 Å². The third-order valence-electron chi connectivity index (χ3n) is 4.27. The zero-order valence-electron chi connectivity index (χ0n) is 17.1. The van der Waals surface area contributed by atoms with E-state index < -0.39 is 40.6 Å². The van der Waals surface area contributed by atoms with E-state index in [1.807, 2.05) is 5.32 Å². The summed E-state index contributed by atoms with van der Waals surface area (Å²) < 4.78 is 36.3. The number of benzene rings is 2. The first-order valence-electron chi connectivity index (χ1n) is 9.31. The Morgan fingerprint density at radius 1 is 1.09 bits per heavy atom. The van der Waals surface area contributed by atoms with Gasteiger partial charge in [-0.25, -0.2) is 18.0 Å². The molecule has 0 aromatic heterocycles. The summed E-state index contributed by atoms with van der Waals surface area (Å²) in [5, 5.41) is 4.47. The molecule has 0 radical (unpaired) electrons. The number of sulfonamides is 1. The van der Waals surface area contributed by atoms with E-state index in [9.17, 15) is 22.8 Å². The minimum atomic E-state index is -3.74. The van der Waals surface area contributed by atoms with Crippen LogP contribution in [-0.2, 0) is 24.3 Å². The Morgan fingerprint density at radius 2 is 1.78 bits per heavy atom. The number of amidine groups is 1. The summed E-state index contributed by atoms with van der Waals surface area (Å²) >= 11 is 0. The third kappa shape index (κ3) is 5.40. The lowest BCUT2D eigenvalue weighted by Gasteiger charge is -2.10. The summed E-state index contributed by atoms with van der Waals surface area (Å²) in [6.45, 7) is 0.672. The third-order valence-corrected chi connectivity index (χ3v) is 5.67. The number of rotatable bonds is 6. The average Bonchev–Trinajstić information content (AvgIpc) is 3.02. The second-order valence-corrected chi connectivity index (χ2v) is 8.24. The first kappa shape index (κ1) is 22.7. The van der Waals surface area contributed by atoms with Crippen LogP contribution in [-0.4, -0.2) is 51.9 Å². The number of ether oxygens (including phenoxy) is 2. The number of nitrogens with zero attached hydrogens (tertiary/aromatic N) is 1. The van der Waals surface area contributed by atoms with Crippen molar-refractivity contribution in [1.82, 2.24) is 10.0 Å². The first-order chi connectivity index (χ1) is 15.2. The van der Waals surface area contributed by atoms with E-state index in [1.54, 1.807) is 42.5 Å². The molecule has 0 spiro atoms. The zero-order chi connectivity index (χ0) is 23.3. The number of imide groups is 1. The number of anilines is 1. The second kappa shape index (κ2) is 9.47. The highest BCUT2D eigenvalue weighted by Gasteiger charge is 2.31. The lowest BCUT2D eigenvalue weighted by molar-refractivity contribution is -0.149. The highest BCUT2D eigenvalue weighted by Crippen LogP contribution is 2.22. The highest BCUT2D eigenvalue weighted by atomic mass is 32.2. The van der Waals surface area contributed by atoms with E-state index in [4.69, 9.17) is 9.47 Å². The smallest absolute Gasteiger partial charge is 0.331 e. The number of esters is 1. The van der Waals surface area contributed by atoms with Crippen molar-refractivity contribution in [2.45, 2.75) is 17.9 Å². The molecule has 1 heterocycles. The van der Waals surface area contributed by atoms with Gasteiger partial charge in [0, 0.05) is 11.3 Å². The van der Waals surface area contributed by atoms with Crippen molar-refractivity contribution >= 4 is 39.5 Å². The predicted molar refractivity (Wildman–Crippen MR) is 114 cm³/mol. The van der Waals surface area contributed by atoms with Crippen LogP contribution < -0.4 is 20.1 Å². The number of fused-ring (bicyclic) bond motifs is 1. The number of amides is 3. The monoisotopic (exact) mass is 460 g/mol. The Bertz CT molecular complexity index is 1180. The van der Waals surface area contributed by atoms with E-state index in [2.05, 4.69) is 15.0 Å². The van der Waals surface area contributed by atoms with Crippen LogP contribution in [0, 0.1) is 0 Å². The van der Waals surface area contributed by atoms with Gasteiger partial charge in [0.2, 0.25) is 0 Å². The molecule has 0 saturated heterocycles. The number of carbonyl (C=O) groups excluding carboxylic acids is 3. The maximum Gasteiger partial charge on any atom is 0.331 e. The van der Waals surface area contributed by atoms with Crippen molar-refractivity contribution in [3.63, 3.8) is 0 Å². The molecular formula is C20H20N4O7S. The molecule has 1 aliphatic rings. The van der Waals surface area contributed by atoms with Gasteiger partial charge in [-0.05, 0) is 43.3 Å². The van der Waals surface area contributed by atoms with Crippen molar-refractivity contribution in [3.8, 4) is 5.75 Å². The summed E-state index contributed by atoms with van der Waals surface area (Å²) in [6.07, 6.45) is 0. The van der Waals surface area contributed by atoms with Gasteiger partial charge < -0.3 is 14.8 Å². The minimum Gasteiger partial charge on any atom is -0.497 e. The van der Waals surface area contributed by atoms with Crippen LogP contribution >= 0.6 is 0 Å². The standard InChI is InChI=1S/C20H20N4O7S/c1-12(21-18-15-5-3-4-6-16(15)32(28,29)24-18)19(26)31-11-17(25)23-20(27)22-13-7-9-14(30-2)10-8-13/h3-10,12H,11H2,1-2H3,(H,21,24)(H2,22,23,25,27)/t12-/m0/s1. The van der Waals surface area contributed by atoms with Crippen LogP contribution in [0.15, 0.2) is 58.4 Å². The number of methoxy groups -OCH3 is 1. The Morgan fingerprint density at radius 3 is 2.47 bits per heavy atom. The van der Waals surface area contributed by atoms with Crippen LogP contribution in [0.1, 0.15) is 12.5 Å². The fourth-order valence-corrected chi connectivity index (χ4v) is 3.97. The summed E-state index contributed by atoms with van der Waals surface area (Å²) in [5.74, 6) is -1.11. The van der Waals surface area contributed by atoms with Crippen LogP contribution in [0.25, 0.3) is 0 Å². The van der Waals surface area contributed by atoms with E-state index >= 15 is 0 Å². The van der Waals surface area contributed by atoms with Crippen LogP contribution in [0.4, 0.5) is 10.5 Å². The molecule has 12 heteroatoms. The molecule has 1 atom stereocenters. The van der Waals surface area contributed by atoms with Crippen molar-refractivity contribution in [1.29, 1.82) is 0 Å². The Kier molecular flexibility index (Phi) is 6.73. The highest BCUT2D eigenvalue weighted by molar-refractivity contribution is 7.90. The number of nitrogens with one attached hydrogen (secondary N) is 3. The van der Waals surface area contributed by atoms with Crippen LogP contribution in [0.3, 0.4) is 0 Å². The second-order valence-electron chi connectivity index (χ2n) is 6.59. The maximum absolute atomic E-state index is 12.1. The van der Waals surface area contributed by atoms with Gasteiger partial charge in [-0.1, -0.05) is 12.1 Å². The van der Waals surface area contributed by atoms with Crippen molar-refractivity contribution in [2.24, 2.45) is 4.99 Å². The van der Waals surface area contributed by atoms with Crippen molar-refractivity contribution in [3.05, 3.63) is 54.1 Å². The lowest BCUT2D eigenvalue weighted by Crippen LogP contribution is -2.38. The maximum atomic E-state index is 12.1. The van der Waals surface area contributed by atoms with Gasteiger partial charge in [-0.3, -0.25) is 19.8 Å². The largest absolute Gasteiger partial charge is 0.497 e. The van der Waals surface area contributed by atoms with Gasteiger partial charge in [-0.2, -0.15) is 0 Å². The number of aliphatic imine (C=N–C) groups is 1. The SMILES string of the molecule is COc1ccc(NC(=O)NC(=O)COC(=O)[C@H](C)N=C2NS(=O)(=O)c3ccccc32)cc1. The van der Waals surface area contributed by atoms with Crippen LogP contribution in [0.2, 0.25) is 0 Å². The topological polar surface area (TPSA) is 152 Å². The molecule has 3 N–H and O–H groups in total. The fourth-order valence-electron chi connectivity index (χ4n) is 2.73. The van der Waals surface area contributed by atoms with E-state index in [1.165, 1.54) is 20.1 Å². The first-order valence-corrected chi connectivity index (χ1v) is 10.8. The summed E-state index contributed by atoms with van der Waals surface area (Å²) in [7, 11) is -2.24. The molecule has 0 saturated carbocycles. The molecule has 0 fully saturated rings. The summed E-state index contributed by atoms with van der Waals surface area (Å²) in [5.41, 5.74) is 0.761. The Labute approximate surface area is 183 Å². The van der Waals surface area contributed by atoms with Gasteiger partial charge in [0.1, 0.15) is 17.6 Å². The minimum absolute atomic E-state index is 0.00775. The Balaban J connectivity index is 1.51. The number of hydrogen-bond donors (Lipinski definition) is 3. The Hall–Kier alpha value is -3.93. The van der Waals surface area contributed by atoms with E-state index in [0.717, 1.165) is 0 Å². The summed E-state index contributed by atoms with van der Waals surface area (Å²) in [6, 6.07) is 10.7.